The van der Waals surface area contributed by atoms with E-state index in [9.17, 15) is 43.2 Å². The van der Waals surface area contributed by atoms with Crippen molar-refractivity contribution in [1.29, 1.82) is 0 Å². The molecule has 27 nitrogen and oxygen atoms in total. The molecular weight excluding hydrogens is 1760 g/mol. The second-order valence-electron chi connectivity index (χ2n) is 40.6. The Labute approximate surface area is 796 Å². The Morgan fingerprint density at radius 3 is 1.05 bits per heavy atom. The van der Waals surface area contributed by atoms with Crippen molar-refractivity contribution in [2.45, 2.75) is 310 Å². The van der Waals surface area contributed by atoms with Crippen LogP contribution in [0.4, 0.5) is 14.4 Å². The SMILES string of the molecule is CC[C@@H]1[C@@H]2CN(C(=O)[C@H](C(C)(C)C)NC(=O)O[C@]3(C)C[C@H]3CCCCCc3cc4ccc(OC)cc4nc3O2)[C@@H]1[C-]=O.COc1ccc2cc3c(nc2c1)O[C@H]1CN(C(=O)[C@H](C(C)(C)C)NC(=O)O[C@]2(C)CCC[C@H]2CCCCC3)[C@H]([C-]=O)[C@@H]1C.COc1ccc2cc3c(nc2c1)O[C@H]1CN(C(=O)[C@H](C(C)(C)C)NC(=O)O[C@]2(C)C[C@H]2CCCCC3)[C@H]([C-]=O)[C@@H]1C.[V].[V].[V]. The van der Waals surface area contributed by atoms with E-state index in [1.807, 2.05) is 158 Å². The van der Waals surface area contributed by atoms with Gasteiger partial charge in [-0.3, -0.25) is 14.4 Å². The second-order valence-corrected chi connectivity index (χ2v) is 40.6. The van der Waals surface area contributed by atoms with E-state index in [2.05, 4.69) is 53.0 Å². The number of alkyl carbamates (subject to hydrolysis) is 3. The Kier molecular flexibility index (Phi) is 34.0. The van der Waals surface area contributed by atoms with Gasteiger partial charge < -0.3 is 87.7 Å². The fraction of sp³-hybridized carbons (Fsp3) is 0.636. The third-order valence-corrected chi connectivity index (χ3v) is 28.3. The topological polar surface area (TPSA) is 321 Å². The molecule has 30 heteroatoms. The number of methoxy groups -OCH3 is 3. The zero-order valence-corrected chi connectivity index (χ0v) is 82.6. The van der Waals surface area contributed by atoms with Gasteiger partial charge in [0, 0.05) is 119 Å². The number of benzene rings is 3. The molecule has 6 aliphatic heterocycles. The molecule has 6 aromatic rings. The van der Waals surface area contributed by atoms with Gasteiger partial charge in [-0.15, -0.1) is 0 Å². The van der Waals surface area contributed by atoms with Crippen LogP contribution in [0.25, 0.3) is 32.7 Å². The number of pyridine rings is 3. The summed E-state index contributed by atoms with van der Waals surface area (Å²) in [5.41, 5.74) is 1.82. The van der Waals surface area contributed by atoms with E-state index in [0.29, 0.717) is 53.1 Å². The Balaban J connectivity index is 0.000000199. The molecule has 6 bridgehead atoms. The van der Waals surface area contributed by atoms with Gasteiger partial charge >= 0.3 is 18.3 Å². The number of amides is 6. The van der Waals surface area contributed by atoms with E-state index in [-0.39, 0.29) is 117 Å². The third-order valence-electron chi connectivity index (χ3n) is 28.3. The summed E-state index contributed by atoms with van der Waals surface area (Å²) in [5.74, 6) is 2.61. The van der Waals surface area contributed by atoms with E-state index in [4.69, 9.17) is 57.6 Å². The minimum absolute atomic E-state index is 0. The van der Waals surface area contributed by atoms with Gasteiger partial charge in [0.1, 0.15) is 70.5 Å². The van der Waals surface area contributed by atoms with Crippen LogP contribution in [0, 0.1) is 51.8 Å². The van der Waals surface area contributed by atoms with Crippen LogP contribution in [-0.2, 0) is 118 Å². The Morgan fingerprint density at radius 1 is 0.419 bits per heavy atom. The molecule has 3 aromatic heterocycles. The summed E-state index contributed by atoms with van der Waals surface area (Å²) >= 11 is 0. The first kappa shape index (κ1) is 103. The van der Waals surface area contributed by atoms with Crippen LogP contribution < -0.4 is 44.4 Å². The number of aryl methyl sites for hydroxylation is 3. The van der Waals surface area contributed by atoms with Gasteiger partial charge in [-0.1, -0.05) is 146 Å². The van der Waals surface area contributed by atoms with Gasteiger partial charge in [0.25, 0.3) is 0 Å². The maximum atomic E-state index is 14.1. The maximum absolute atomic E-state index is 14.1. The van der Waals surface area contributed by atoms with Crippen molar-refractivity contribution in [1.82, 2.24) is 45.6 Å². The minimum Gasteiger partial charge on any atom is -0.540 e. The molecule has 0 spiro atoms. The fourth-order valence-electron chi connectivity index (χ4n) is 19.9. The van der Waals surface area contributed by atoms with Crippen LogP contribution in [0.5, 0.6) is 34.9 Å². The van der Waals surface area contributed by atoms with E-state index in [1.54, 1.807) is 21.3 Å². The zero-order chi connectivity index (χ0) is 90.7. The number of hydrogen-bond acceptors (Lipinski definition) is 21. The van der Waals surface area contributed by atoms with Crippen LogP contribution in [0.3, 0.4) is 0 Å². The molecule has 6 fully saturated rings. The number of nitrogens with zero attached hydrogens (tertiary/aromatic N) is 6. The molecule has 3 aromatic carbocycles. The molecule has 0 unspecified atom stereocenters. The summed E-state index contributed by atoms with van der Waals surface area (Å²) < 4.78 is 53.8. The first-order valence-electron chi connectivity index (χ1n) is 45.8. The molecule has 3 saturated heterocycles. The molecule has 6 amide bonds. The van der Waals surface area contributed by atoms with Crippen molar-refractivity contribution >= 4 is 87.6 Å². The Bertz CT molecular complexity index is 5000. The summed E-state index contributed by atoms with van der Waals surface area (Å²) in [6.45, 7) is 29.3. The van der Waals surface area contributed by atoms with Gasteiger partial charge in [0.15, 0.2) is 0 Å². The van der Waals surface area contributed by atoms with E-state index >= 15 is 0 Å². The van der Waals surface area contributed by atoms with Crippen molar-refractivity contribution in [2.24, 2.45) is 51.8 Å². The first-order chi connectivity index (χ1) is 59.8. The van der Waals surface area contributed by atoms with Crippen molar-refractivity contribution in [2.75, 3.05) is 41.0 Å². The number of hydrogen-bond donors (Lipinski definition) is 3. The van der Waals surface area contributed by atoms with Crippen molar-refractivity contribution < 1.29 is 141 Å². The molecule has 3 N–H and O–H groups in total. The molecule has 18 atom stereocenters. The van der Waals surface area contributed by atoms with Crippen LogP contribution in [0.2, 0.25) is 0 Å². The smallest absolute Gasteiger partial charge is 0.408 e. The number of ether oxygens (including phenoxy) is 9. The monoisotopic (exact) mass is 1890 g/mol. The predicted octanol–water partition coefficient (Wildman–Crippen LogP) is 16.1. The Hall–Kier alpha value is -8.33. The summed E-state index contributed by atoms with van der Waals surface area (Å²) in [6, 6.07) is 18.7. The van der Waals surface area contributed by atoms with Crippen LogP contribution in [0.1, 0.15) is 236 Å². The Morgan fingerprint density at radius 2 is 0.729 bits per heavy atom. The molecule has 3 aliphatic carbocycles. The molecule has 699 valence electrons. The standard InChI is InChI=1S/C34H46N3O6.C33H44N3O6.C32H42N3O6.3V/c1-21-27(20-38)37-19-28(21)42-30-23(17-22-14-15-25(41-6)18-26(22)35-30)11-8-7-9-12-24-13-10-16-34(24,5)43-32(40)36-29(31(37)39)33(2,3)4;1-7-24-26(19-37)36-18-27(24)41-29-21(15-20-13-14-23(40-6)16-25(20)34-29)11-9-8-10-12-22-17-33(22,5)42-31(39)35-28(30(36)38)32(2,3)4;1-19-25(18-36)35-17-26(19)40-28-21(14-20-12-13-23(39-6)15-24(20)33-28)10-8-7-9-11-22-16-32(22,5)41-30(38)34-27(29(35)37)31(2,3)4;;;/h14-15,17-18,21,24,27-29H,7-13,16,19H2,1-6H3,(H,36,40);13-16,22,24,26-28H,7-12,17-18H2,1-6H3,(H,35,39);12-15,19,22,25-27H,7-11,16-17H2,1-6H3,(H,34,38);;;/q3*-1;;;/t21-,24+,27+,28-,29+,34+;22-,24+,26-,27+,28-,33-;19-,22+,25+,26-,27+,32+;;;/m010.../s1. The number of carbonyl (C=O) groups excluding carboxylic acids is 9. The molecule has 9 aliphatic rings. The average Bonchev–Trinajstić information content (AvgIpc) is 1.62. The van der Waals surface area contributed by atoms with Crippen LogP contribution in [0.15, 0.2) is 72.8 Å². The predicted molar refractivity (Wildman–Crippen MR) is 478 cm³/mol. The van der Waals surface area contributed by atoms with Gasteiger partial charge in [-0.2, -0.15) is 0 Å². The largest absolute Gasteiger partial charge is 0.540 e. The summed E-state index contributed by atoms with van der Waals surface area (Å²) in [4.78, 5) is 138. The third kappa shape index (κ3) is 23.7. The fourth-order valence-corrected chi connectivity index (χ4v) is 19.9. The minimum atomic E-state index is -0.897. The quantitative estimate of drug-likeness (QED) is 0.0987. The zero-order valence-electron chi connectivity index (χ0n) is 78.4. The molecule has 3 saturated carbocycles. The maximum Gasteiger partial charge on any atom is 0.408 e. The van der Waals surface area contributed by atoms with Crippen LogP contribution >= 0.6 is 0 Å². The average molecular weight is 1890 g/mol. The first-order valence-corrected chi connectivity index (χ1v) is 45.8. The van der Waals surface area contributed by atoms with E-state index in [0.717, 1.165) is 178 Å². The summed E-state index contributed by atoms with van der Waals surface area (Å²) in [5, 5.41) is 11.6. The van der Waals surface area contributed by atoms with Gasteiger partial charge in [0.05, 0.1) is 57.5 Å². The molecule has 129 heavy (non-hydrogen) atoms. The number of nitrogens with one attached hydrogen (secondary N) is 3. The van der Waals surface area contributed by atoms with Crippen molar-refractivity contribution in [3.05, 3.63) is 89.5 Å². The number of aromatic nitrogens is 3. The van der Waals surface area contributed by atoms with E-state index < -0.39 is 106 Å². The summed E-state index contributed by atoms with van der Waals surface area (Å²) in [7, 11) is 4.88. The van der Waals surface area contributed by atoms with Crippen LogP contribution in [-0.4, -0.2) is 197 Å². The molecule has 9 heterocycles. The number of rotatable bonds is 7. The molecule has 3 radical (unpaired) electrons. The number of carbonyl (C=O) groups is 6. The summed E-state index contributed by atoms with van der Waals surface area (Å²) in [6.07, 6.45) is 22.6. The van der Waals surface area contributed by atoms with Crippen molar-refractivity contribution in [3.8, 4) is 34.9 Å². The second kappa shape index (κ2) is 42.7. The van der Waals surface area contributed by atoms with Gasteiger partial charge in [-0.05, 0) is 205 Å². The van der Waals surface area contributed by atoms with E-state index in [1.165, 1.54) is 14.7 Å². The van der Waals surface area contributed by atoms with Crippen molar-refractivity contribution in [3.63, 3.8) is 0 Å². The molecular formula is C99H132N9O18V3-3. The normalized spacial score (nSPS) is 30.1. The van der Waals surface area contributed by atoms with Gasteiger partial charge in [0.2, 0.25) is 35.4 Å². The number of fused-ring (bicyclic) bond motifs is 15. The van der Waals surface area contributed by atoms with Gasteiger partial charge in [-0.25, -0.2) is 48.2 Å². The molecule has 15 rings (SSSR count).